The molecule has 0 radical (unpaired) electrons. The van der Waals surface area contributed by atoms with Gasteiger partial charge in [-0.15, -0.1) is 11.6 Å². The molecular formula is C18H22ClN3O. The second-order valence-electron chi connectivity index (χ2n) is 5.58. The molecule has 0 bridgehead atoms. The van der Waals surface area contributed by atoms with Crippen LogP contribution in [-0.2, 0) is 17.9 Å². The molecule has 0 N–H and O–H groups in total. The average Bonchev–Trinajstić information content (AvgIpc) is 2.95. The summed E-state index contributed by atoms with van der Waals surface area (Å²) in [5, 5.41) is 1.15. The number of benzene rings is 1. The van der Waals surface area contributed by atoms with E-state index in [-0.39, 0.29) is 0 Å². The number of imidazole rings is 1. The summed E-state index contributed by atoms with van der Waals surface area (Å²) in [5.74, 6) is 1.70. The number of unbranched alkanes of at least 4 members (excludes halogenated alkanes) is 2. The summed E-state index contributed by atoms with van der Waals surface area (Å²) in [6, 6.07) is 8.23. The third-order valence-corrected chi connectivity index (χ3v) is 4.28. The molecule has 0 spiro atoms. The highest BCUT2D eigenvalue weighted by Gasteiger charge is 2.14. The van der Waals surface area contributed by atoms with E-state index in [0.717, 1.165) is 59.4 Å². The van der Waals surface area contributed by atoms with Crippen LogP contribution in [0.25, 0.3) is 21.9 Å². The first-order valence-corrected chi connectivity index (χ1v) is 8.75. The number of alkyl halides is 1. The Morgan fingerprint density at radius 2 is 2.00 bits per heavy atom. The van der Waals surface area contributed by atoms with Gasteiger partial charge in [0.25, 0.3) is 0 Å². The molecule has 2 heterocycles. The summed E-state index contributed by atoms with van der Waals surface area (Å²) in [4.78, 5) is 9.27. The van der Waals surface area contributed by atoms with Crippen LogP contribution in [0.1, 0.15) is 32.0 Å². The molecule has 4 nitrogen and oxygen atoms in total. The number of fused-ring (bicyclic) bond motifs is 3. The monoisotopic (exact) mass is 331 g/mol. The van der Waals surface area contributed by atoms with Gasteiger partial charge in [-0.3, -0.25) is 4.98 Å². The van der Waals surface area contributed by atoms with Crippen molar-refractivity contribution in [1.82, 2.24) is 14.5 Å². The standard InChI is InChI=1S/C18H22ClN3O/c1-2-23-13-17-21-16-12-20-15-9-5-4-8-14(15)18(16)22(17)11-7-3-6-10-19/h4-5,8-9,12H,2-3,6-7,10-11,13H2,1H3. The van der Waals surface area contributed by atoms with Gasteiger partial charge in [0.05, 0.1) is 17.2 Å². The molecule has 3 aromatic rings. The van der Waals surface area contributed by atoms with Crippen molar-refractivity contribution in [2.45, 2.75) is 39.3 Å². The molecule has 1 aromatic carbocycles. The molecule has 0 fully saturated rings. The molecule has 2 aromatic heterocycles. The van der Waals surface area contributed by atoms with Gasteiger partial charge in [0.1, 0.15) is 17.9 Å². The molecule has 0 aliphatic carbocycles. The maximum absolute atomic E-state index is 5.79. The van der Waals surface area contributed by atoms with Gasteiger partial charge in [0.2, 0.25) is 0 Å². The number of nitrogens with zero attached hydrogens (tertiary/aromatic N) is 3. The predicted molar refractivity (Wildman–Crippen MR) is 94.9 cm³/mol. The molecule has 0 unspecified atom stereocenters. The first kappa shape index (κ1) is 16.2. The molecule has 3 rings (SSSR count). The van der Waals surface area contributed by atoms with E-state index in [4.69, 9.17) is 21.3 Å². The summed E-state index contributed by atoms with van der Waals surface area (Å²) in [7, 11) is 0. The molecule has 0 saturated carbocycles. The van der Waals surface area contributed by atoms with Crippen LogP contribution in [0.15, 0.2) is 30.5 Å². The smallest absolute Gasteiger partial charge is 0.136 e. The minimum atomic E-state index is 0.537. The zero-order valence-electron chi connectivity index (χ0n) is 13.5. The Hall–Kier alpha value is -1.65. The number of para-hydroxylation sites is 1. The quantitative estimate of drug-likeness (QED) is 0.449. The highest BCUT2D eigenvalue weighted by molar-refractivity contribution is 6.17. The van der Waals surface area contributed by atoms with E-state index in [2.05, 4.69) is 21.7 Å². The van der Waals surface area contributed by atoms with Crippen molar-refractivity contribution in [2.75, 3.05) is 12.5 Å². The summed E-state index contributed by atoms with van der Waals surface area (Å²) in [6.07, 6.45) is 5.13. The second kappa shape index (κ2) is 7.75. The van der Waals surface area contributed by atoms with Gasteiger partial charge in [-0.05, 0) is 25.8 Å². The van der Waals surface area contributed by atoms with Crippen LogP contribution in [0.2, 0.25) is 0 Å². The van der Waals surface area contributed by atoms with Gasteiger partial charge in [-0.25, -0.2) is 4.98 Å². The Morgan fingerprint density at radius 3 is 2.83 bits per heavy atom. The molecule has 0 aliphatic rings. The fourth-order valence-corrected chi connectivity index (χ4v) is 3.08. The van der Waals surface area contributed by atoms with Crippen LogP contribution >= 0.6 is 11.6 Å². The van der Waals surface area contributed by atoms with E-state index in [1.54, 1.807) is 0 Å². The van der Waals surface area contributed by atoms with Gasteiger partial charge in [0.15, 0.2) is 0 Å². The van der Waals surface area contributed by atoms with E-state index in [1.165, 1.54) is 0 Å². The minimum Gasteiger partial charge on any atom is -0.374 e. The molecule has 0 aliphatic heterocycles. The van der Waals surface area contributed by atoms with Crippen molar-refractivity contribution >= 4 is 33.5 Å². The maximum atomic E-state index is 5.79. The second-order valence-corrected chi connectivity index (χ2v) is 5.95. The SMILES string of the molecule is CCOCc1nc2cnc3ccccc3c2n1CCCCCCl. The summed E-state index contributed by atoms with van der Waals surface area (Å²) in [5.41, 5.74) is 3.11. The summed E-state index contributed by atoms with van der Waals surface area (Å²) < 4.78 is 7.90. The first-order valence-electron chi connectivity index (χ1n) is 8.21. The Labute approximate surface area is 141 Å². The molecule has 5 heteroatoms. The highest BCUT2D eigenvalue weighted by atomic mass is 35.5. The van der Waals surface area contributed by atoms with Crippen LogP contribution in [0.5, 0.6) is 0 Å². The molecular weight excluding hydrogens is 310 g/mol. The van der Waals surface area contributed by atoms with Crippen molar-refractivity contribution in [3.8, 4) is 0 Å². The molecule has 0 saturated heterocycles. The van der Waals surface area contributed by atoms with Crippen molar-refractivity contribution in [2.24, 2.45) is 0 Å². The number of aryl methyl sites for hydroxylation is 1. The lowest BCUT2D eigenvalue weighted by Crippen LogP contribution is -2.06. The number of hydrogen-bond donors (Lipinski definition) is 0. The Kier molecular flexibility index (Phi) is 5.47. The Bertz CT molecular complexity index is 784. The van der Waals surface area contributed by atoms with Gasteiger partial charge < -0.3 is 9.30 Å². The first-order chi connectivity index (χ1) is 11.3. The van der Waals surface area contributed by atoms with Crippen LogP contribution in [0.3, 0.4) is 0 Å². The number of rotatable bonds is 8. The largest absolute Gasteiger partial charge is 0.374 e. The topological polar surface area (TPSA) is 39.9 Å². The summed E-state index contributed by atoms with van der Waals surface area (Å²) >= 11 is 5.79. The van der Waals surface area contributed by atoms with E-state index in [1.807, 2.05) is 25.3 Å². The lowest BCUT2D eigenvalue weighted by molar-refractivity contribution is 0.126. The third kappa shape index (κ3) is 3.48. The normalized spacial score (nSPS) is 11.6. The molecule has 23 heavy (non-hydrogen) atoms. The lowest BCUT2D eigenvalue weighted by atomic mass is 10.2. The van der Waals surface area contributed by atoms with Gasteiger partial charge >= 0.3 is 0 Å². The Balaban J connectivity index is 2.04. The zero-order valence-corrected chi connectivity index (χ0v) is 14.2. The van der Waals surface area contributed by atoms with Crippen molar-refractivity contribution < 1.29 is 4.74 Å². The molecule has 0 amide bonds. The summed E-state index contributed by atoms with van der Waals surface area (Å²) in [6.45, 7) is 4.16. The van der Waals surface area contributed by atoms with Crippen LogP contribution in [0, 0.1) is 0 Å². The van der Waals surface area contributed by atoms with E-state index in [9.17, 15) is 0 Å². The van der Waals surface area contributed by atoms with Gasteiger partial charge in [0, 0.05) is 24.4 Å². The average molecular weight is 332 g/mol. The van der Waals surface area contributed by atoms with Gasteiger partial charge in [-0.1, -0.05) is 24.6 Å². The molecule has 0 atom stereocenters. The third-order valence-electron chi connectivity index (χ3n) is 4.01. The van der Waals surface area contributed by atoms with E-state index in [0.29, 0.717) is 13.2 Å². The van der Waals surface area contributed by atoms with Crippen LogP contribution in [-0.4, -0.2) is 27.0 Å². The molecule has 122 valence electrons. The fourth-order valence-electron chi connectivity index (χ4n) is 2.90. The number of ether oxygens (including phenoxy) is 1. The minimum absolute atomic E-state index is 0.537. The number of pyridine rings is 1. The van der Waals surface area contributed by atoms with Crippen molar-refractivity contribution in [3.63, 3.8) is 0 Å². The maximum Gasteiger partial charge on any atom is 0.136 e. The Morgan fingerprint density at radius 1 is 1.13 bits per heavy atom. The number of hydrogen-bond acceptors (Lipinski definition) is 3. The number of halogens is 1. The zero-order chi connectivity index (χ0) is 16.1. The van der Waals surface area contributed by atoms with Crippen LogP contribution < -0.4 is 0 Å². The van der Waals surface area contributed by atoms with Crippen molar-refractivity contribution in [3.05, 3.63) is 36.3 Å². The predicted octanol–water partition coefficient (Wildman–Crippen LogP) is 4.53. The van der Waals surface area contributed by atoms with Crippen LogP contribution in [0.4, 0.5) is 0 Å². The lowest BCUT2D eigenvalue weighted by Gasteiger charge is -2.10. The van der Waals surface area contributed by atoms with E-state index >= 15 is 0 Å². The fraction of sp³-hybridized carbons (Fsp3) is 0.444. The van der Waals surface area contributed by atoms with Gasteiger partial charge in [-0.2, -0.15) is 0 Å². The highest BCUT2D eigenvalue weighted by Crippen LogP contribution is 2.25. The number of aromatic nitrogens is 3. The van der Waals surface area contributed by atoms with Crippen molar-refractivity contribution in [1.29, 1.82) is 0 Å². The van der Waals surface area contributed by atoms with E-state index < -0.39 is 0 Å².